The predicted molar refractivity (Wildman–Crippen MR) is 88.7 cm³/mol. The van der Waals surface area contributed by atoms with Crippen molar-refractivity contribution < 1.29 is 5.11 Å². The highest BCUT2D eigenvalue weighted by Gasteiger charge is 2.29. The van der Waals surface area contributed by atoms with Gasteiger partial charge in [0.1, 0.15) is 0 Å². The molecule has 1 aromatic rings. The molecule has 0 spiro atoms. The van der Waals surface area contributed by atoms with Gasteiger partial charge in [0.05, 0.1) is 18.3 Å². The minimum absolute atomic E-state index is 0.479. The fourth-order valence-electron chi connectivity index (χ4n) is 2.96. The van der Waals surface area contributed by atoms with Gasteiger partial charge in [-0.25, -0.2) is 0 Å². The lowest BCUT2D eigenvalue weighted by atomic mass is 9.85. The second kappa shape index (κ2) is 7.63. The first-order valence-electron chi connectivity index (χ1n) is 8.22. The van der Waals surface area contributed by atoms with Crippen molar-refractivity contribution >= 4 is 5.96 Å². The smallest absolute Gasteiger partial charge is 0.194 e. The van der Waals surface area contributed by atoms with Crippen molar-refractivity contribution in [2.75, 3.05) is 20.1 Å². The van der Waals surface area contributed by atoms with E-state index in [2.05, 4.69) is 27.2 Å². The first-order chi connectivity index (χ1) is 10.5. The molecule has 1 saturated carbocycles. The van der Waals surface area contributed by atoms with E-state index >= 15 is 0 Å². The van der Waals surface area contributed by atoms with E-state index in [1.165, 1.54) is 6.42 Å². The first-order valence-corrected chi connectivity index (χ1v) is 8.22. The van der Waals surface area contributed by atoms with E-state index in [0.717, 1.165) is 50.3 Å². The van der Waals surface area contributed by atoms with Gasteiger partial charge in [-0.15, -0.1) is 0 Å². The van der Waals surface area contributed by atoms with Crippen molar-refractivity contribution in [1.29, 1.82) is 0 Å². The molecule has 0 aliphatic heterocycles. The van der Waals surface area contributed by atoms with Crippen molar-refractivity contribution in [2.24, 2.45) is 12.0 Å². The molecule has 0 atom stereocenters. The Hall–Kier alpha value is -1.56. The Balaban J connectivity index is 1.99. The maximum atomic E-state index is 10.6. The molecule has 1 aliphatic carbocycles. The third-order valence-electron chi connectivity index (χ3n) is 4.18. The summed E-state index contributed by atoms with van der Waals surface area (Å²) in [6.45, 7) is 4.10. The van der Waals surface area contributed by atoms with Gasteiger partial charge in [-0.3, -0.25) is 9.67 Å². The van der Waals surface area contributed by atoms with E-state index in [1.807, 2.05) is 26.5 Å². The molecule has 0 amide bonds. The van der Waals surface area contributed by atoms with Crippen molar-refractivity contribution in [3.05, 3.63) is 18.0 Å². The van der Waals surface area contributed by atoms with Crippen LogP contribution in [0.4, 0.5) is 0 Å². The molecule has 22 heavy (non-hydrogen) atoms. The van der Waals surface area contributed by atoms with Gasteiger partial charge in [0.25, 0.3) is 0 Å². The lowest BCUT2D eigenvalue weighted by molar-refractivity contribution is 0.0130. The van der Waals surface area contributed by atoms with E-state index < -0.39 is 5.60 Å². The number of nitrogens with zero attached hydrogens (tertiary/aromatic N) is 4. The molecule has 6 heteroatoms. The molecule has 0 unspecified atom stereocenters. The van der Waals surface area contributed by atoms with Crippen LogP contribution in [-0.4, -0.2) is 51.5 Å². The third-order valence-corrected chi connectivity index (χ3v) is 4.18. The standard InChI is InChI=1S/C16H29N5O/c1-4-17-15(18-13-16(22)8-6-5-7-9-16)20(2)11-14-10-19-21(3)12-14/h10,12,22H,4-9,11,13H2,1-3H3,(H,17,18). The zero-order chi connectivity index (χ0) is 16.0. The number of aliphatic imine (C=N–C) groups is 1. The van der Waals surface area contributed by atoms with Crippen LogP contribution < -0.4 is 5.32 Å². The average molecular weight is 307 g/mol. The number of rotatable bonds is 5. The summed E-state index contributed by atoms with van der Waals surface area (Å²) in [7, 11) is 3.93. The van der Waals surface area contributed by atoms with Crippen molar-refractivity contribution in [3.63, 3.8) is 0 Å². The Morgan fingerprint density at radius 3 is 2.77 bits per heavy atom. The molecule has 1 heterocycles. The maximum absolute atomic E-state index is 10.6. The molecule has 6 nitrogen and oxygen atoms in total. The highest BCUT2D eigenvalue weighted by atomic mass is 16.3. The molecule has 1 fully saturated rings. The summed E-state index contributed by atoms with van der Waals surface area (Å²) in [6, 6.07) is 0. The minimum Gasteiger partial charge on any atom is -0.388 e. The van der Waals surface area contributed by atoms with Crippen molar-refractivity contribution in [3.8, 4) is 0 Å². The van der Waals surface area contributed by atoms with Gasteiger partial charge >= 0.3 is 0 Å². The van der Waals surface area contributed by atoms with Crippen LogP contribution >= 0.6 is 0 Å². The summed E-state index contributed by atoms with van der Waals surface area (Å²) in [6.07, 6.45) is 9.04. The molecule has 124 valence electrons. The number of aromatic nitrogens is 2. The Kier molecular flexibility index (Phi) is 5.83. The Labute approximate surface area is 133 Å². The summed E-state index contributed by atoms with van der Waals surface area (Å²) in [4.78, 5) is 6.74. The van der Waals surface area contributed by atoms with Crippen LogP contribution in [0.5, 0.6) is 0 Å². The monoisotopic (exact) mass is 307 g/mol. The molecule has 1 aliphatic rings. The SMILES string of the molecule is CCNC(=NCC1(O)CCCCC1)N(C)Cc1cnn(C)c1. The second-order valence-electron chi connectivity index (χ2n) is 6.33. The average Bonchev–Trinajstić information content (AvgIpc) is 2.89. The van der Waals surface area contributed by atoms with E-state index in [9.17, 15) is 5.11 Å². The van der Waals surface area contributed by atoms with Crippen molar-refractivity contribution in [1.82, 2.24) is 20.0 Å². The predicted octanol–water partition coefficient (Wildman–Crippen LogP) is 1.51. The fourth-order valence-corrected chi connectivity index (χ4v) is 2.96. The van der Waals surface area contributed by atoms with Crippen LogP contribution in [0.15, 0.2) is 17.4 Å². The van der Waals surface area contributed by atoms with Gasteiger partial charge in [-0.05, 0) is 19.8 Å². The zero-order valence-corrected chi connectivity index (χ0v) is 14.0. The first kappa shape index (κ1) is 16.8. The number of aryl methyl sites for hydroxylation is 1. The van der Waals surface area contributed by atoms with Gasteiger partial charge in [-0.1, -0.05) is 19.3 Å². The largest absolute Gasteiger partial charge is 0.388 e. The van der Waals surface area contributed by atoms with Crippen molar-refractivity contribution in [2.45, 2.75) is 51.2 Å². The van der Waals surface area contributed by atoms with Gasteiger partial charge in [0, 0.05) is 38.9 Å². The van der Waals surface area contributed by atoms with Gasteiger partial charge in [0.2, 0.25) is 0 Å². The molecular weight excluding hydrogens is 278 g/mol. The molecule has 2 rings (SSSR count). The quantitative estimate of drug-likeness (QED) is 0.639. The Morgan fingerprint density at radius 2 is 2.18 bits per heavy atom. The minimum atomic E-state index is -0.617. The molecule has 0 saturated heterocycles. The van der Waals surface area contributed by atoms with E-state index in [0.29, 0.717) is 6.54 Å². The fraction of sp³-hybridized carbons (Fsp3) is 0.750. The summed E-state index contributed by atoms with van der Waals surface area (Å²) in [5.41, 5.74) is 0.528. The number of aliphatic hydroxyl groups is 1. The summed E-state index contributed by atoms with van der Waals surface area (Å²) in [5.74, 6) is 0.838. The Morgan fingerprint density at radius 1 is 1.45 bits per heavy atom. The van der Waals surface area contributed by atoms with Gasteiger partial charge < -0.3 is 15.3 Å². The van der Waals surface area contributed by atoms with Crippen LogP contribution in [0.1, 0.15) is 44.6 Å². The van der Waals surface area contributed by atoms with Crippen LogP contribution in [0.3, 0.4) is 0 Å². The van der Waals surface area contributed by atoms with E-state index in [4.69, 9.17) is 0 Å². The summed E-state index contributed by atoms with van der Waals surface area (Å²) < 4.78 is 1.80. The van der Waals surface area contributed by atoms with Crippen LogP contribution in [0.2, 0.25) is 0 Å². The van der Waals surface area contributed by atoms with Gasteiger partial charge in [0.15, 0.2) is 5.96 Å². The number of nitrogens with one attached hydrogen (secondary N) is 1. The van der Waals surface area contributed by atoms with Crippen LogP contribution in [0.25, 0.3) is 0 Å². The maximum Gasteiger partial charge on any atom is 0.194 e. The van der Waals surface area contributed by atoms with Crippen LogP contribution in [0, 0.1) is 0 Å². The molecular formula is C16H29N5O. The third kappa shape index (κ3) is 4.73. The van der Waals surface area contributed by atoms with E-state index in [1.54, 1.807) is 4.68 Å². The molecule has 2 N–H and O–H groups in total. The zero-order valence-electron chi connectivity index (χ0n) is 14.0. The molecule has 0 radical (unpaired) electrons. The topological polar surface area (TPSA) is 65.7 Å². The highest BCUT2D eigenvalue weighted by molar-refractivity contribution is 5.79. The number of guanidine groups is 1. The number of hydrogen-bond donors (Lipinski definition) is 2. The molecule has 0 bridgehead atoms. The Bertz CT molecular complexity index is 490. The lowest BCUT2D eigenvalue weighted by Crippen LogP contribution is -2.41. The normalized spacial score (nSPS) is 18.3. The summed E-state index contributed by atoms with van der Waals surface area (Å²) in [5, 5.41) is 18.1. The summed E-state index contributed by atoms with van der Waals surface area (Å²) >= 11 is 0. The second-order valence-corrected chi connectivity index (χ2v) is 6.33. The van der Waals surface area contributed by atoms with E-state index in [-0.39, 0.29) is 0 Å². The lowest BCUT2D eigenvalue weighted by Gasteiger charge is -2.31. The highest BCUT2D eigenvalue weighted by Crippen LogP contribution is 2.28. The molecule has 1 aromatic heterocycles. The van der Waals surface area contributed by atoms with Crippen LogP contribution in [-0.2, 0) is 13.6 Å². The molecule has 0 aromatic carbocycles. The number of hydrogen-bond acceptors (Lipinski definition) is 3. The van der Waals surface area contributed by atoms with Gasteiger partial charge in [-0.2, -0.15) is 5.10 Å².